The van der Waals surface area contributed by atoms with Crippen LogP contribution in [0.1, 0.15) is 20.8 Å². The highest BCUT2D eigenvalue weighted by Crippen LogP contribution is 2.28. The minimum absolute atomic E-state index is 0.215. The Kier molecular flexibility index (Phi) is 6.19. The number of hydrogen-bond donors (Lipinski definition) is 3. The second kappa shape index (κ2) is 9.18. The molecule has 0 fully saturated rings. The van der Waals surface area contributed by atoms with Crippen LogP contribution in [0.15, 0.2) is 65.8 Å². The van der Waals surface area contributed by atoms with Crippen LogP contribution in [-0.2, 0) is 4.43 Å². The number of primary amides is 1. The summed E-state index contributed by atoms with van der Waals surface area (Å²) in [5.74, 6) is 0.0484. The van der Waals surface area contributed by atoms with Crippen molar-refractivity contribution in [3.05, 3.63) is 76.8 Å². The van der Waals surface area contributed by atoms with Crippen LogP contribution >= 0.6 is 33.9 Å². The van der Waals surface area contributed by atoms with Crippen LogP contribution in [-0.4, -0.2) is 27.3 Å². The van der Waals surface area contributed by atoms with Crippen molar-refractivity contribution in [3.8, 4) is 10.6 Å². The van der Waals surface area contributed by atoms with Gasteiger partial charge in [0, 0.05) is 27.4 Å². The number of rotatable bonds is 7. The van der Waals surface area contributed by atoms with E-state index in [1.54, 1.807) is 23.7 Å². The van der Waals surface area contributed by atoms with Gasteiger partial charge in [0.05, 0.1) is 10.6 Å². The van der Waals surface area contributed by atoms with Crippen molar-refractivity contribution >= 4 is 63.4 Å². The molecule has 0 aliphatic rings. The summed E-state index contributed by atoms with van der Waals surface area (Å²) >= 11 is 3.85. The van der Waals surface area contributed by atoms with Crippen LogP contribution < -0.4 is 11.1 Å². The number of aliphatic imine (C=N–C) groups is 1. The smallest absolute Gasteiger partial charge is 0.256 e. The van der Waals surface area contributed by atoms with Gasteiger partial charge in [-0.25, -0.2) is 4.99 Å². The Labute approximate surface area is 190 Å². The third-order valence-electron chi connectivity index (χ3n) is 4.20. The summed E-state index contributed by atoms with van der Waals surface area (Å²) in [6, 6.07) is 17.6. The first kappa shape index (κ1) is 20.2. The molecule has 9 heteroatoms. The van der Waals surface area contributed by atoms with E-state index in [-0.39, 0.29) is 11.4 Å². The Bertz CT molecular complexity index is 1200. The summed E-state index contributed by atoms with van der Waals surface area (Å²) in [7, 11) is 0. The Morgan fingerprint density at radius 2 is 2.13 bits per heavy atom. The molecule has 4 aromatic rings. The molecule has 4 N–H and O–H groups in total. The standard InChI is InChI=1S/C21H17IN6OS/c22-11-13-4-3-5-14(10-13)26-21-18(19(23)29)20(27-28-21)25-12-15-7-8-17(30-15)16-6-1-2-9-24-16/h1-10,12H,11H2,(H2,23,29)(H2,26,27,28). The summed E-state index contributed by atoms with van der Waals surface area (Å²) < 4.78 is 0.885. The number of nitrogens with two attached hydrogens (primary N) is 1. The van der Waals surface area contributed by atoms with E-state index < -0.39 is 5.91 Å². The fourth-order valence-electron chi connectivity index (χ4n) is 2.82. The number of H-pyrrole nitrogens is 1. The fraction of sp³-hybridized carbons (Fsp3) is 0.0476. The minimum Gasteiger partial charge on any atom is -0.365 e. The molecule has 150 valence electrons. The molecule has 0 spiro atoms. The Morgan fingerprint density at radius 3 is 2.90 bits per heavy atom. The monoisotopic (exact) mass is 528 g/mol. The Hall–Kier alpha value is -3.05. The quantitative estimate of drug-likeness (QED) is 0.177. The van der Waals surface area contributed by atoms with Crippen LogP contribution in [0.25, 0.3) is 10.6 Å². The molecule has 4 rings (SSSR count). The predicted octanol–water partition coefficient (Wildman–Crippen LogP) is 5.06. The largest absolute Gasteiger partial charge is 0.365 e. The maximum atomic E-state index is 12.1. The Balaban J connectivity index is 1.57. The molecule has 3 aromatic heterocycles. The first-order chi connectivity index (χ1) is 14.6. The van der Waals surface area contributed by atoms with Gasteiger partial charge in [-0.1, -0.05) is 40.8 Å². The third-order valence-corrected chi connectivity index (χ3v) is 6.13. The van der Waals surface area contributed by atoms with Crippen molar-refractivity contribution in [1.82, 2.24) is 15.2 Å². The molecular formula is C21H17IN6OS. The van der Waals surface area contributed by atoms with E-state index in [2.05, 4.69) is 48.1 Å². The minimum atomic E-state index is -0.608. The average Bonchev–Trinajstić information content (AvgIpc) is 3.40. The molecule has 0 bridgehead atoms. The number of alkyl halides is 1. The van der Waals surface area contributed by atoms with E-state index >= 15 is 0 Å². The summed E-state index contributed by atoms with van der Waals surface area (Å²) in [6.07, 6.45) is 3.43. The maximum absolute atomic E-state index is 12.1. The third kappa shape index (κ3) is 4.57. The molecule has 0 saturated carbocycles. The van der Waals surface area contributed by atoms with Crippen LogP contribution in [0, 0.1) is 0 Å². The number of carbonyl (C=O) groups excluding carboxylic acids is 1. The number of amides is 1. The number of halogens is 1. The van der Waals surface area contributed by atoms with Gasteiger partial charge < -0.3 is 11.1 Å². The van der Waals surface area contributed by atoms with Crippen molar-refractivity contribution < 1.29 is 4.79 Å². The van der Waals surface area contributed by atoms with Crippen molar-refractivity contribution in [2.45, 2.75) is 4.43 Å². The molecule has 3 heterocycles. The lowest BCUT2D eigenvalue weighted by molar-refractivity contribution is 0.100. The lowest BCUT2D eigenvalue weighted by Gasteiger charge is -2.06. The summed E-state index contributed by atoms with van der Waals surface area (Å²) in [5, 5.41) is 10.2. The zero-order valence-corrected chi connectivity index (χ0v) is 18.6. The maximum Gasteiger partial charge on any atom is 0.256 e. The van der Waals surface area contributed by atoms with E-state index in [4.69, 9.17) is 5.73 Å². The molecule has 0 saturated heterocycles. The molecule has 0 aliphatic carbocycles. The molecule has 1 amide bonds. The van der Waals surface area contributed by atoms with E-state index in [1.807, 2.05) is 54.6 Å². The number of thiophene rings is 1. The van der Waals surface area contributed by atoms with Gasteiger partial charge in [0.2, 0.25) is 0 Å². The number of pyridine rings is 1. The fourth-order valence-corrected chi connectivity index (χ4v) is 4.15. The number of carbonyl (C=O) groups is 1. The number of benzene rings is 1. The van der Waals surface area contributed by atoms with E-state index in [0.717, 1.165) is 25.6 Å². The van der Waals surface area contributed by atoms with Gasteiger partial charge in [-0.15, -0.1) is 11.3 Å². The van der Waals surface area contributed by atoms with Gasteiger partial charge in [-0.3, -0.25) is 14.9 Å². The predicted molar refractivity (Wildman–Crippen MR) is 129 cm³/mol. The number of anilines is 2. The summed E-state index contributed by atoms with van der Waals surface area (Å²) in [5.41, 5.74) is 8.72. The van der Waals surface area contributed by atoms with Gasteiger partial charge in [-0.05, 0) is 42.0 Å². The number of aromatic nitrogens is 3. The van der Waals surface area contributed by atoms with E-state index in [1.165, 1.54) is 5.56 Å². The second-order valence-corrected chi connectivity index (χ2v) is 8.17. The van der Waals surface area contributed by atoms with Crippen molar-refractivity contribution in [2.24, 2.45) is 10.7 Å². The SMILES string of the molecule is NC(=O)c1c(N=Cc2ccc(-c3ccccn3)s2)n[nH]c1Nc1cccc(CI)c1. The summed E-state index contributed by atoms with van der Waals surface area (Å²) in [4.78, 5) is 22.7. The van der Waals surface area contributed by atoms with Crippen LogP contribution in [0.3, 0.4) is 0 Å². The van der Waals surface area contributed by atoms with Gasteiger partial charge in [0.25, 0.3) is 5.91 Å². The topological polar surface area (TPSA) is 109 Å². The molecule has 0 unspecified atom stereocenters. The zero-order valence-electron chi connectivity index (χ0n) is 15.7. The van der Waals surface area contributed by atoms with Crippen LogP contribution in [0.5, 0.6) is 0 Å². The second-order valence-electron chi connectivity index (χ2n) is 6.30. The first-order valence-electron chi connectivity index (χ1n) is 8.99. The number of nitrogens with zero attached hydrogens (tertiary/aromatic N) is 3. The van der Waals surface area contributed by atoms with Crippen LogP contribution in [0.2, 0.25) is 0 Å². The zero-order chi connectivity index (χ0) is 20.9. The average molecular weight is 528 g/mol. The highest BCUT2D eigenvalue weighted by Gasteiger charge is 2.18. The molecular weight excluding hydrogens is 511 g/mol. The molecule has 30 heavy (non-hydrogen) atoms. The van der Waals surface area contributed by atoms with Crippen molar-refractivity contribution in [1.29, 1.82) is 0 Å². The number of nitrogens with one attached hydrogen (secondary N) is 2. The van der Waals surface area contributed by atoms with Gasteiger partial charge in [0.15, 0.2) is 5.82 Å². The lowest BCUT2D eigenvalue weighted by atomic mass is 10.2. The molecule has 0 radical (unpaired) electrons. The van der Waals surface area contributed by atoms with Crippen molar-refractivity contribution in [3.63, 3.8) is 0 Å². The lowest BCUT2D eigenvalue weighted by Crippen LogP contribution is -2.12. The van der Waals surface area contributed by atoms with E-state index in [9.17, 15) is 4.79 Å². The molecule has 1 aromatic carbocycles. The van der Waals surface area contributed by atoms with Gasteiger partial charge in [-0.2, -0.15) is 5.10 Å². The molecule has 0 atom stereocenters. The Morgan fingerprint density at radius 1 is 1.23 bits per heavy atom. The normalized spacial score (nSPS) is 11.1. The van der Waals surface area contributed by atoms with E-state index in [0.29, 0.717) is 5.82 Å². The highest BCUT2D eigenvalue weighted by atomic mass is 127. The number of aromatic amines is 1. The highest BCUT2D eigenvalue weighted by molar-refractivity contribution is 14.1. The molecule has 7 nitrogen and oxygen atoms in total. The first-order valence-corrected chi connectivity index (χ1v) is 11.3. The van der Waals surface area contributed by atoms with Gasteiger partial charge in [0.1, 0.15) is 11.4 Å². The van der Waals surface area contributed by atoms with Crippen molar-refractivity contribution in [2.75, 3.05) is 5.32 Å². The van der Waals surface area contributed by atoms with Gasteiger partial charge >= 0.3 is 0 Å². The number of hydrogen-bond acceptors (Lipinski definition) is 6. The van der Waals surface area contributed by atoms with Crippen LogP contribution in [0.4, 0.5) is 17.3 Å². The molecule has 0 aliphatic heterocycles. The summed E-state index contributed by atoms with van der Waals surface area (Å²) in [6.45, 7) is 0.